The zero-order chi connectivity index (χ0) is 20.3. The van der Waals surface area contributed by atoms with E-state index in [0.717, 1.165) is 58.7 Å². The molecule has 8 nitrogen and oxygen atoms in total. The molecule has 152 valence electrons. The van der Waals surface area contributed by atoms with Crippen molar-refractivity contribution < 1.29 is 0 Å². The van der Waals surface area contributed by atoms with Gasteiger partial charge in [0.05, 0.1) is 5.69 Å². The molecule has 0 radical (unpaired) electrons. The maximum atomic E-state index is 4.71. The first-order valence-corrected chi connectivity index (χ1v) is 11.6. The molecule has 1 aliphatic rings. The van der Waals surface area contributed by atoms with E-state index in [0.29, 0.717) is 0 Å². The van der Waals surface area contributed by atoms with Crippen LogP contribution in [0.2, 0.25) is 0 Å². The van der Waals surface area contributed by atoms with Gasteiger partial charge in [0, 0.05) is 62.1 Å². The molecule has 0 amide bonds. The number of fused-ring (bicyclic) bond motifs is 1. The fourth-order valence-electron chi connectivity index (χ4n) is 3.39. The van der Waals surface area contributed by atoms with Crippen LogP contribution in [0.15, 0.2) is 49.2 Å². The van der Waals surface area contributed by atoms with Crippen molar-refractivity contribution in [2.75, 3.05) is 42.7 Å². The van der Waals surface area contributed by atoms with Crippen LogP contribution in [0.1, 0.15) is 0 Å². The molecule has 10 heteroatoms. The van der Waals surface area contributed by atoms with E-state index in [1.165, 1.54) is 23.4 Å². The highest BCUT2D eigenvalue weighted by Gasteiger charge is 2.17. The zero-order valence-electron chi connectivity index (χ0n) is 16.4. The van der Waals surface area contributed by atoms with E-state index in [1.807, 2.05) is 30.3 Å². The van der Waals surface area contributed by atoms with Gasteiger partial charge in [-0.3, -0.25) is 0 Å². The number of aromatic nitrogens is 5. The second-order valence-electron chi connectivity index (χ2n) is 6.79. The lowest BCUT2D eigenvalue weighted by atomic mass is 10.2. The van der Waals surface area contributed by atoms with Crippen LogP contribution in [0.5, 0.6) is 0 Å². The minimum atomic E-state index is 0.774. The number of hydrogen-bond acceptors (Lipinski definition) is 10. The third kappa shape index (κ3) is 4.07. The van der Waals surface area contributed by atoms with Crippen molar-refractivity contribution in [1.82, 2.24) is 29.2 Å². The molecule has 0 bridgehead atoms. The topological polar surface area (TPSA) is 83.0 Å². The van der Waals surface area contributed by atoms with Gasteiger partial charge < -0.3 is 10.2 Å². The van der Waals surface area contributed by atoms with Crippen LogP contribution in [0.25, 0.3) is 21.6 Å². The van der Waals surface area contributed by atoms with Gasteiger partial charge in [-0.15, -0.1) is 0 Å². The van der Waals surface area contributed by atoms with Crippen molar-refractivity contribution in [2.24, 2.45) is 0 Å². The maximum absolute atomic E-state index is 4.71. The Balaban J connectivity index is 1.34. The normalized spacial score (nSPS) is 14.9. The quantitative estimate of drug-likeness (QED) is 0.471. The van der Waals surface area contributed by atoms with E-state index in [1.54, 1.807) is 12.4 Å². The van der Waals surface area contributed by atoms with Crippen molar-refractivity contribution in [1.29, 1.82) is 0 Å². The number of nitrogens with zero attached hydrogens (tertiary/aromatic N) is 7. The molecule has 0 atom stereocenters. The largest absolute Gasteiger partial charge is 0.369 e. The van der Waals surface area contributed by atoms with E-state index in [2.05, 4.69) is 52.8 Å². The Morgan fingerprint density at radius 3 is 2.67 bits per heavy atom. The summed E-state index contributed by atoms with van der Waals surface area (Å²) in [5, 5.41) is 4.12. The Morgan fingerprint density at radius 2 is 1.87 bits per heavy atom. The molecule has 5 rings (SSSR count). The number of thiazole rings is 1. The minimum absolute atomic E-state index is 0.774. The summed E-state index contributed by atoms with van der Waals surface area (Å²) in [5.41, 5.74) is 3.76. The van der Waals surface area contributed by atoms with E-state index in [4.69, 9.17) is 4.98 Å². The predicted molar refractivity (Wildman–Crippen MR) is 123 cm³/mol. The van der Waals surface area contributed by atoms with E-state index < -0.39 is 0 Å². The molecule has 1 N–H and O–H groups in total. The predicted octanol–water partition coefficient (Wildman–Crippen LogP) is 3.69. The van der Waals surface area contributed by atoms with Crippen LogP contribution < -0.4 is 10.2 Å². The van der Waals surface area contributed by atoms with Crippen molar-refractivity contribution in [3.8, 4) is 11.3 Å². The number of piperazine rings is 1. The molecule has 1 fully saturated rings. The SMILES string of the molecule is CSN1CCN(c2ccnc(Nc3nc4ccc(-c5cncnc5)nc4s3)c2)CC1. The molecule has 0 aromatic carbocycles. The molecule has 4 aromatic heterocycles. The summed E-state index contributed by atoms with van der Waals surface area (Å²) in [5.74, 6) is 0.788. The van der Waals surface area contributed by atoms with Crippen LogP contribution in [0, 0.1) is 0 Å². The Labute approximate surface area is 182 Å². The van der Waals surface area contributed by atoms with Crippen molar-refractivity contribution >= 4 is 50.3 Å². The third-order valence-corrected chi connectivity index (χ3v) is 6.71. The molecule has 30 heavy (non-hydrogen) atoms. The van der Waals surface area contributed by atoms with E-state index in [-0.39, 0.29) is 0 Å². The number of pyridine rings is 2. The molecule has 5 heterocycles. The molecule has 1 saturated heterocycles. The summed E-state index contributed by atoms with van der Waals surface area (Å²) in [7, 11) is 0. The second kappa shape index (κ2) is 8.50. The summed E-state index contributed by atoms with van der Waals surface area (Å²) < 4.78 is 2.39. The molecule has 0 spiro atoms. The van der Waals surface area contributed by atoms with Crippen LogP contribution >= 0.6 is 23.3 Å². The lowest BCUT2D eigenvalue weighted by molar-refractivity contribution is 0.431. The maximum Gasteiger partial charge on any atom is 0.190 e. The van der Waals surface area contributed by atoms with Gasteiger partial charge in [0.1, 0.15) is 22.5 Å². The Bertz CT molecular complexity index is 1140. The second-order valence-corrected chi connectivity index (χ2v) is 8.65. The van der Waals surface area contributed by atoms with Crippen molar-refractivity contribution in [2.45, 2.75) is 0 Å². The monoisotopic (exact) mass is 436 g/mol. The third-order valence-electron chi connectivity index (χ3n) is 4.95. The first-order valence-electron chi connectivity index (χ1n) is 9.58. The van der Waals surface area contributed by atoms with Gasteiger partial charge in [-0.1, -0.05) is 23.3 Å². The van der Waals surface area contributed by atoms with Gasteiger partial charge in [0.25, 0.3) is 0 Å². The molecular weight excluding hydrogens is 416 g/mol. The molecule has 1 aliphatic heterocycles. The Hall–Kier alpha value is -2.82. The van der Waals surface area contributed by atoms with Gasteiger partial charge >= 0.3 is 0 Å². The highest BCUT2D eigenvalue weighted by atomic mass is 32.2. The average molecular weight is 437 g/mol. The van der Waals surface area contributed by atoms with E-state index >= 15 is 0 Å². The summed E-state index contributed by atoms with van der Waals surface area (Å²) in [6.45, 7) is 4.15. The lowest BCUT2D eigenvalue weighted by Crippen LogP contribution is -2.43. The molecule has 0 saturated carbocycles. The Morgan fingerprint density at radius 1 is 1.03 bits per heavy atom. The first-order chi connectivity index (χ1) is 14.8. The standard InChI is InChI=1S/C20H20N8S2/c1-29-28-8-6-27(7-9-28)15-4-5-23-18(10-15)26-20-25-17-3-2-16(24-19(17)30-20)14-11-21-13-22-12-14/h2-5,10-13H,6-9H2,1H3,(H,23,25,26). The lowest BCUT2D eigenvalue weighted by Gasteiger charge is -2.34. The summed E-state index contributed by atoms with van der Waals surface area (Å²) >= 11 is 3.32. The highest BCUT2D eigenvalue weighted by molar-refractivity contribution is 7.96. The number of hydrogen-bond donors (Lipinski definition) is 1. The summed E-state index contributed by atoms with van der Waals surface area (Å²) in [6, 6.07) is 8.06. The molecule has 0 unspecified atom stereocenters. The van der Waals surface area contributed by atoms with Gasteiger partial charge in [0.2, 0.25) is 0 Å². The van der Waals surface area contributed by atoms with Gasteiger partial charge in [-0.2, -0.15) is 0 Å². The van der Waals surface area contributed by atoms with Gasteiger partial charge in [-0.25, -0.2) is 29.2 Å². The highest BCUT2D eigenvalue weighted by Crippen LogP contribution is 2.29. The molecule has 0 aliphatic carbocycles. The first kappa shape index (κ1) is 19.2. The average Bonchev–Trinajstić information content (AvgIpc) is 3.21. The molecule has 4 aromatic rings. The number of nitrogens with one attached hydrogen (secondary N) is 1. The Kier molecular flexibility index (Phi) is 5.43. The minimum Gasteiger partial charge on any atom is -0.369 e. The number of rotatable bonds is 5. The van der Waals surface area contributed by atoms with Crippen LogP contribution in [-0.2, 0) is 0 Å². The summed E-state index contributed by atoms with van der Waals surface area (Å²) in [4.78, 5) is 25.2. The van der Waals surface area contributed by atoms with Crippen molar-refractivity contribution in [3.05, 3.63) is 49.2 Å². The fraction of sp³-hybridized carbons (Fsp3) is 0.250. The smallest absolute Gasteiger partial charge is 0.190 e. The van der Waals surface area contributed by atoms with Crippen LogP contribution in [0.3, 0.4) is 0 Å². The summed E-state index contributed by atoms with van der Waals surface area (Å²) in [6.07, 6.45) is 9.01. The number of anilines is 3. The molecular formula is C20H20N8S2. The van der Waals surface area contributed by atoms with Gasteiger partial charge in [0.15, 0.2) is 5.13 Å². The van der Waals surface area contributed by atoms with Gasteiger partial charge in [-0.05, 0) is 24.5 Å². The van der Waals surface area contributed by atoms with Crippen molar-refractivity contribution in [3.63, 3.8) is 0 Å². The zero-order valence-corrected chi connectivity index (χ0v) is 18.0. The van der Waals surface area contributed by atoms with Crippen LogP contribution in [-0.4, -0.2) is 61.7 Å². The van der Waals surface area contributed by atoms with E-state index in [9.17, 15) is 0 Å². The van der Waals surface area contributed by atoms with Crippen LogP contribution in [0.4, 0.5) is 16.6 Å². The fourth-order valence-corrected chi connectivity index (χ4v) is 4.76.